The summed E-state index contributed by atoms with van der Waals surface area (Å²) < 4.78 is 47.6. The summed E-state index contributed by atoms with van der Waals surface area (Å²) in [6, 6.07) is 0. The SMILES string of the molecule is CCCC1CCC(C2CCC(OC)C(F)C2)C(F)C1F. The molecule has 2 aliphatic rings. The van der Waals surface area contributed by atoms with Crippen LogP contribution in [0.2, 0.25) is 0 Å². The second kappa shape index (κ2) is 7.15. The first kappa shape index (κ1) is 16.1. The van der Waals surface area contributed by atoms with Crippen LogP contribution < -0.4 is 0 Å². The first-order chi connectivity index (χ1) is 9.58. The second-order valence-corrected chi connectivity index (χ2v) is 6.54. The minimum atomic E-state index is -1.41. The van der Waals surface area contributed by atoms with Gasteiger partial charge in [-0.2, -0.15) is 0 Å². The highest BCUT2D eigenvalue weighted by Crippen LogP contribution is 2.44. The van der Waals surface area contributed by atoms with Gasteiger partial charge in [-0.3, -0.25) is 0 Å². The Labute approximate surface area is 120 Å². The van der Waals surface area contributed by atoms with Crippen LogP contribution in [0.25, 0.3) is 0 Å². The van der Waals surface area contributed by atoms with E-state index in [0.29, 0.717) is 19.3 Å². The van der Waals surface area contributed by atoms with Gasteiger partial charge in [0.1, 0.15) is 18.5 Å². The molecule has 2 fully saturated rings. The predicted molar refractivity (Wildman–Crippen MR) is 73.9 cm³/mol. The van der Waals surface area contributed by atoms with E-state index in [-0.39, 0.29) is 23.9 Å². The van der Waals surface area contributed by atoms with Crippen molar-refractivity contribution in [1.82, 2.24) is 0 Å². The monoisotopic (exact) mass is 292 g/mol. The second-order valence-electron chi connectivity index (χ2n) is 6.54. The van der Waals surface area contributed by atoms with Gasteiger partial charge in [-0.05, 0) is 56.3 Å². The molecule has 20 heavy (non-hydrogen) atoms. The summed E-state index contributed by atoms with van der Waals surface area (Å²) in [5.41, 5.74) is 0. The van der Waals surface area contributed by atoms with E-state index in [4.69, 9.17) is 4.74 Å². The Hall–Kier alpha value is -0.250. The molecule has 4 heteroatoms. The van der Waals surface area contributed by atoms with Crippen LogP contribution >= 0.6 is 0 Å². The molecule has 0 aromatic rings. The zero-order valence-electron chi connectivity index (χ0n) is 12.5. The standard InChI is InChI=1S/C16H27F3O/c1-3-4-10-5-7-12(16(19)15(10)18)11-6-8-14(20-2)13(17)9-11/h10-16H,3-9H2,1-2H3. The smallest absolute Gasteiger partial charge is 0.134 e. The van der Waals surface area contributed by atoms with Crippen molar-refractivity contribution < 1.29 is 17.9 Å². The van der Waals surface area contributed by atoms with Gasteiger partial charge in [-0.15, -0.1) is 0 Å². The van der Waals surface area contributed by atoms with Crippen molar-refractivity contribution in [1.29, 1.82) is 0 Å². The average Bonchev–Trinajstić information content (AvgIpc) is 2.44. The lowest BCUT2D eigenvalue weighted by atomic mass is 9.68. The van der Waals surface area contributed by atoms with Gasteiger partial charge < -0.3 is 4.74 Å². The van der Waals surface area contributed by atoms with Crippen molar-refractivity contribution >= 4 is 0 Å². The summed E-state index contributed by atoms with van der Waals surface area (Å²) in [5, 5.41) is 0. The Balaban J connectivity index is 1.93. The van der Waals surface area contributed by atoms with Crippen molar-refractivity contribution in [3.8, 4) is 0 Å². The van der Waals surface area contributed by atoms with E-state index < -0.39 is 18.5 Å². The third kappa shape index (κ3) is 3.32. The fourth-order valence-corrected chi connectivity index (χ4v) is 4.16. The third-order valence-electron chi connectivity index (χ3n) is 5.36. The molecule has 0 aliphatic heterocycles. The Morgan fingerprint density at radius 2 is 1.75 bits per heavy atom. The third-order valence-corrected chi connectivity index (χ3v) is 5.36. The zero-order chi connectivity index (χ0) is 14.7. The highest BCUT2D eigenvalue weighted by atomic mass is 19.2. The molecule has 0 spiro atoms. The van der Waals surface area contributed by atoms with Crippen LogP contribution in [0.15, 0.2) is 0 Å². The summed E-state index contributed by atoms with van der Waals surface area (Å²) in [5.74, 6) is -0.455. The molecule has 0 radical (unpaired) electrons. The summed E-state index contributed by atoms with van der Waals surface area (Å²) in [6.45, 7) is 2.01. The van der Waals surface area contributed by atoms with Crippen molar-refractivity contribution in [2.75, 3.05) is 7.11 Å². The van der Waals surface area contributed by atoms with Crippen molar-refractivity contribution in [3.63, 3.8) is 0 Å². The van der Waals surface area contributed by atoms with Gasteiger partial charge in [0.05, 0.1) is 6.10 Å². The van der Waals surface area contributed by atoms with Gasteiger partial charge in [-0.1, -0.05) is 13.3 Å². The lowest BCUT2D eigenvalue weighted by Gasteiger charge is -2.42. The first-order valence-corrected chi connectivity index (χ1v) is 8.03. The molecule has 2 aliphatic carbocycles. The number of hydrogen-bond acceptors (Lipinski definition) is 1. The quantitative estimate of drug-likeness (QED) is 0.733. The Kier molecular flexibility index (Phi) is 5.76. The van der Waals surface area contributed by atoms with Gasteiger partial charge in [0.2, 0.25) is 0 Å². The molecule has 0 saturated heterocycles. The summed E-state index contributed by atoms with van der Waals surface area (Å²) >= 11 is 0. The van der Waals surface area contributed by atoms with Crippen LogP contribution in [-0.2, 0) is 4.74 Å². The molecular weight excluding hydrogens is 265 g/mol. The van der Waals surface area contributed by atoms with E-state index in [2.05, 4.69) is 0 Å². The van der Waals surface area contributed by atoms with Crippen LogP contribution in [0.1, 0.15) is 51.9 Å². The first-order valence-electron chi connectivity index (χ1n) is 8.03. The highest BCUT2D eigenvalue weighted by Gasteiger charge is 2.45. The van der Waals surface area contributed by atoms with Crippen molar-refractivity contribution in [2.45, 2.75) is 76.5 Å². The number of methoxy groups -OCH3 is 1. The molecule has 0 N–H and O–H groups in total. The largest absolute Gasteiger partial charge is 0.378 e. The minimum absolute atomic E-state index is 0.0211. The van der Waals surface area contributed by atoms with Crippen molar-refractivity contribution in [3.05, 3.63) is 0 Å². The number of ether oxygens (including phenoxy) is 1. The number of halogens is 3. The van der Waals surface area contributed by atoms with Crippen LogP contribution in [-0.4, -0.2) is 31.7 Å². The molecule has 0 amide bonds. The summed E-state index contributed by atoms with van der Waals surface area (Å²) in [7, 11) is 1.52. The van der Waals surface area contributed by atoms with Gasteiger partial charge in [-0.25, -0.2) is 13.2 Å². The Morgan fingerprint density at radius 1 is 1.00 bits per heavy atom. The van der Waals surface area contributed by atoms with Gasteiger partial charge >= 0.3 is 0 Å². The van der Waals surface area contributed by atoms with Crippen LogP contribution in [0.3, 0.4) is 0 Å². The van der Waals surface area contributed by atoms with Gasteiger partial charge in [0.25, 0.3) is 0 Å². The van der Waals surface area contributed by atoms with Gasteiger partial charge in [0, 0.05) is 7.11 Å². The van der Waals surface area contributed by atoms with E-state index in [9.17, 15) is 13.2 Å². The molecule has 0 aromatic carbocycles. The van der Waals surface area contributed by atoms with Crippen molar-refractivity contribution in [2.24, 2.45) is 17.8 Å². The molecule has 2 rings (SSSR count). The maximum atomic E-state index is 14.4. The molecular formula is C16H27F3O. The molecule has 0 aromatic heterocycles. The number of alkyl halides is 3. The topological polar surface area (TPSA) is 9.23 Å². The van der Waals surface area contributed by atoms with Crippen LogP contribution in [0.4, 0.5) is 13.2 Å². The van der Waals surface area contributed by atoms with Crippen LogP contribution in [0, 0.1) is 17.8 Å². The fraction of sp³-hybridized carbons (Fsp3) is 1.00. The summed E-state index contributed by atoms with van der Waals surface area (Å²) in [4.78, 5) is 0. The molecule has 2 saturated carbocycles. The van der Waals surface area contributed by atoms with E-state index in [1.807, 2.05) is 6.92 Å². The molecule has 1 nitrogen and oxygen atoms in total. The zero-order valence-corrected chi connectivity index (χ0v) is 12.5. The molecule has 118 valence electrons. The molecule has 0 heterocycles. The number of rotatable bonds is 4. The van der Waals surface area contributed by atoms with E-state index in [0.717, 1.165) is 25.7 Å². The van der Waals surface area contributed by atoms with E-state index in [1.165, 1.54) is 7.11 Å². The van der Waals surface area contributed by atoms with E-state index >= 15 is 0 Å². The predicted octanol–water partition coefficient (Wildman–Crippen LogP) is 4.64. The average molecular weight is 292 g/mol. The normalized spacial score (nSPS) is 46.4. The maximum Gasteiger partial charge on any atom is 0.134 e. The molecule has 0 bridgehead atoms. The van der Waals surface area contributed by atoms with Gasteiger partial charge in [0.15, 0.2) is 0 Å². The molecule has 7 atom stereocenters. The lowest BCUT2D eigenvalue weighted by molar-refractivity contribution is -0.0527. The van der Waals surface area contributed by atoms with E-state index in [1.54, 1.807) is 0 Å². The number of hydrogen-bond donors (Lipinski definition) is 0. The summed E-state index contributed by atoms with van der Waals surface area (Å²) in [6.07, 6.45) is 0.681. The Morgan fingerprint density at radius 3 is 2.35 bits per heavy atom. The van der Waals surface area contributed by atoms with Crippen LogP contribution in [0.5, 0.6) is 0 Å². The molecule has 7 unspecified atom stereocenters. The Bertz CT molecular complexity index is 299. The highest BCUT2D eigenvalue weighted by molar-refractivity contribution is 4.94. The lowest BCUT2D eigenvalue weighted by Crippen LogP contribution is -2.44. The fourth-order valence-electron chi connectivity index (χ4n) is 4.16. The minimum Gasteiger partial charge on any atom is -0.378 e. The maximum absolute atomic E-state index is 14.4.